The molecule has 2 rings (SSSR count). The van der Waals surface area contributed by atoms with Crippen LogP contribution in [0, 0.1) is 0 Å². The highest BCUT2D eigenvalue weighted by atomic mass is 16.3. The van der Waals surface area contributed by atoms with E-state index in [-0.39, 0.29) is 5.41 Å². The van der Waals surface area contributed by atoms with Crippen molar-refractivity contribution in [1.82, 2.24) is 0 Å². The maximum atomic E-state index is 10.2. The van der Waals surface area contributed by atoms with Gasteiger partial charge in [-0.2, -0.15) is 0 Å². The Labute approximate surface area is 78.6 Å². The normalized spacial score (nSPS) is 39.6. The van der Waals surface area contributed by atoms with Crippen molar-refractivity contribution in [2.75, 3.05) is 0 Å². The van der Waals surface area contributed by atoms with Crippen LogP contribution in [0.5, 0.6) is 0 Å². The van der Waals surface area contributed by atoms with Crippen LogP contribution in [0.4, 0.5) is 0 Å². The zero-order valence-corrected chi connectivity index (χ0v) is 8.21. The molecule has 1 saturated carbocycles. The molecule has 2 nitrogen and oxygen atoms in total. The monoisotopic (exact) mass is 180 g/mol. The molecular formula is C11H16O2. The van der Waals surface area contributed by atoms with Gasteiger partial charge in [0.25, 0.3) is 0 Å². The summed E-state index contributed by atoms with van der Waals surface area (Å²) in [5.74, 6) is 0. The summed E-state index contributed by atoms with van der Waals surface area (Å²) in [5.41, 5.74) is 0.409. The van der Waals surface area contributed by atoms with Gasteiger partial charge in [-0.05, 0) is 37.8 Å². The van der Waals surface area contributed by atoms with Crippen LogP contribution in [0.25, 0.3) is 0 Å². The van der Waals surface area contributed by atoms with Gasteiger partial charge in [0.1, 0.15) is 0 Å². The predicted octanol–water partition coefficient (Wildman–Crippen LogP) is 2.47. The van der Waals surface area contributed by atoms with Crippen LogP contribution in [0.1, 0.15) is 38.7 Å². The topological polar surface area (TPSA) is 33.4 Å². The fourth-order valence-corrected chi connectivity index (χ4v) is 2.37. The lowest BCUT2D eigenvalue weighted by Crippen LogP contribution is -2.42. The minimum Gasteiger partial charge on any atom is -0.472 e. The molecule has 0 aromatic carbocycles. The van der Waals surface area contributed by atoms with E-state index in [0.29, 0.717) is 0 Å². The zero-order chi connectivity index (χ0) is 9.53. The summed E-state index contributed by atoms with van der Waals surface area (Å²) in [6, 6.07) is 1.96. The molecule has 0 aliphatic heterocycles. The van der Waals surface area contributed by atoms with Gasteiger partial charge in [-0.25, -0.2) is 0 Å². The second kappa shape index (κ2) is 2.61. The number of aliphatic hydroxyl groups is 1. The van der Waals surface area contributed by atoms with E-state index in [1.165, 1.54) is 0 Å². The first kappa shape index (κ1) is 8.82. The van der Waals surface area contributed by atoms with E-state index >= 15 is 0 Å². The van der Waals surface area contributed by atoms with E-state index in [1.807, 2.05) is 13.0 Å². The molecule has 1 aliphatic rings. The molecular weight excluding hydrogens is 164 g/mol. The van der Waals surface area contributed by atoms with E-state index in [1.54, 1.807) is 12.5 Å². The SMILES string of the molecule is CC1(O)CCCC1(C)c1ccoc1. The van der Waals surface area contributed by atoms with Gasteiger partial charge >= 0.3 is 0 Å². The van der Waals surface area contributed by atoms with Gasteiger partial charge < -0.3 is 9.52 Å². The number of hydrogen-bond acceptors (Lipinski definition) is 2. The molecule has 0 spiro atoms. The average Bonchev–Trinajstić information content (AvgIpc) is 2.61. The maximum absolute atomic E-state index is 10.2. The van der Waals surface area contributed by atoms with Crippen LogP contribution in [0.3, 0.4) is 0 Å². The lowest BCUT2D eigenvalue weighted by molar-refractivity contribution is 0.00666. The van der Waals surface area contributed by atoms with Crippen molar-refractivity contribution in [1.29, 1.82) is 0 Å². The molecule has 0 bridgehead atoms. The highest BCUT2D eigenvalue weighted by Gasteiger charge is 2.48. The van der Waals surface area contributed by atoms with E-state index in [9.17, 15) is 5.11 Å². The van der Waals surface area contributed by atoms with Crippen molar-refractivity contribution < 1.29 is 9.52 Å². The van der Waals surface area contributed by atoms with Crippen molar-refractivity contribution in [2.45, 2.75) is 44.1 Å². The van der Waals surface area contributed by atoms with Gasteiger partial charge in [0.15, 0.2) is 0 Å². The lowest BCUT2D eigenvalue weighted by atomic mass is 9.73. The Morgan fingerprint density at radius 3 is 2.62 bits per heavy atom. The predicted molar refractivity (Wildman–Crippen MR) is 50.5 cm³/mol. The first-order valence-electron chi connectivity index (χ1n) is 4.81. The molecule has 1 aromatic heterocycles. The second-order valence-corrected chi connectivity index (χ2v) is 4.47. The molecule has 1 aromatic rings. The molecule has 2 atom stereocenters. The summed E-state index contributed by atoms with van der Waals surface area (Å²) in [7, 11) is 0. The molecule has 1 aliphatic carbocycles. The van der Waals surface area contributed by atoms with Crippen LogP contribution < -0.4 is 0 Å². The van der Waals surface area contributed by atoms with Crippen LogP contribution in [-0.2, 0) is 5.41 Å². The average molecular weight is 180 g/mol. The van der Waals surface area contributed by atoms with Crippen molar-refractivity contribution in [3.63, 3.8) is 0 Å². The summed E-state index contributed by atoms with van der Waals surface area (Å²) >= 11 is 0. The standard InChI is InChI=1S/C11H16O2/c1-10(9-4-7-13-8-9)5-3-6-11(10,2)12/h4,7-8,12H,3,5-6H2,1-2H3. The Morgan fingerprint density at radius 2 is 2.15 bits per heavy atom. The maximum Gasteiger partial charge on any atom is 0.0941 e. The Bertz CT molecular complexity index is 287. The molecule has 1 fully saturated rings. The second-order valence-electron chi connectivity index (χ2n) is 4.47. The fourth-order valence-electron chi connectivity index (χ4n) is 2.37. The summed E-state index contributed by atoms with van der Waals surface area (Å²) in [6.07, 6.45) is 6.44. The molecule has 2 heteroatoms. The Balaban J connectivity index is 2.40. The Hall–Kier alpha value is -0.760. The van der Waals surface area contributed by atoms with Gasteiger partial charge in [0.05, 0.1) is 18.1 Å². The third-order valence-corrected chi connectivity index (χ3v) is 3.69. The summed E-state index contributed by atoms with van der Waals surface area (Å²) in [5, 5.41) is 10.2. The van der Waals surface area contributed by atoms with Gasteiger partial charge in [0, 0.05) is 5.41 Å². The van der Waals surface area contributed by atoms with E-state index in [2.05, 4.69) is 6.92 Å². The Kier molecular flexibility index (Phi) is 1.77. The van der Waals surface area contributed by atoms with Crippen molar-refractivity contribution in [3.8, 4) is 0 Å². The molecule has 1 heterocycles. The summed E-state index contributed by atoms with van der Waals surface area (Å²) in [6.45, 7) is 4.04. The molecule has 0 amide bonds. The molecule has 1 N–H and O–H groups in total. The number of furan rings is 1. The van der Waals surface area contributed by atoms with Gasteiger partial charge in [-0.1, -0.05) is 6.92 Å². The van der Waals surface area contributed by atoms with Gasteiger partial charge in [-0.3, -0.25) is 0 Å². The first-order chi connectivity index (χ1) is 6.06. The van der Waals surface area contributed by atoms with Crippen LogP contribution in [-0.4, -0.2) is 10.7 Å². The largest absolute Gasteiger partial charge is 0.472 e. The van der Waals surface area contributed by atoms with Crippen LogP contribution in [0.15, 0.2) is 23.0 Å². The highest BCUT2D eigenvalue weighted by molar-refractivity contribution is 5.26. The molecule has 2 unspecified atom stereocenters. The highest BCUT2D eigenvalue weighted by Crippen LogP contribution is 2.47. The van der Waals surface area contributed by atoms with E-state index in [0.717, 1.165) is 24.8 Å². The van der Waals surface area contributed by atoms with Gasteiger partial charge in [0.2, 0.25) is 0 Å². The fraction of sp³-hybridized carbons (Fsp3) is 0.636. The zero-order valence-electron chi connectivity index (χ0n) is 8.21. The summed E-state index contributed by atoms with van der Waals surface area (Å²) < 4.78 is 5.07. The minimum absolute atomic E-state index is 0.125. The first-order valence-corrected chi connectivity index (χ1v) is 4.81. The molecule has 72 valence electrons. The smallest absolute Gasteiger partial charge is 0.0941 e. The quantitative estimate of drug-likeness (QED) is 0.720. The van der Waals surface area contributed by atoms with Gasteiger partial charge in [-0.15, -0.1) is 0 Å². The number of hydrogen-bond donors (Lipinski definition) is 1. The summed E-state index contributed by atoms with van der Waals surface area (Å²) in [4.78, 5) is 0. The third kappa shape index (κ3) is 1.12. The third-order valence-electron chi connectivity index (χ3n) is 3.69. The van der Waals surface area contributed by atoms with Crippen LogP contribution in [0.2, 0.25) is 0 Å². The van der Waals surface area contributed by atoms with Crippen molar-refractivity contribution in [2.24, 2.45) is 0 Å². The van der Waals surface area contributed by atoms with Crippen molar-refractivity contribution >= 4 is 0 Å². The molecule has 0 saturated heterocycles. The lowest BCUT2D eigenvalue weighted by Gasteiger charge is -2.36. The Morgan fingerprint density at radius 1 is 1.38 bits per heavy atom. The number of rotatable bonds is 1. The van der Waals surface area contributed by atoms with E-state index in [4.69, 9.17) is 4.42 Å². The van der Waals surface area contributed by atoms with Crippen LogP contribution >= 0.6 is 0 Å². The molecule has 0 radical (unpaired) electrons. The minimum atomic E-state index is -0.586. The molecule has 13 heavy (non-hydrogen) atoms. The van der Waals surface area contributed by atoms with Crippen molar-refractivity contribution in [3.05, 3.63) is 24.2 Å². The van der Waals surface area contributed by atoms with E-state index < -0.39 is 5.60 Å².